The highest BCUT2D eigenvalue weighted by molar-refractivity contribution is 7.90. The quantitative estimate of drug-likeness (QED) is 0.553. The van der Waals surface area contributed by atoms with Crippen LogP contribution < -0.4 is 11.3 Å². The molecule has 7 heteroatoms. The highest BCUT2D eigenvalue weighted by atomic mass is 32.2. The lowest BCUT2D eigenvalue weighted by molar-refractivity contribution is -0.149. The number of nitrogens with one attached hydrogen (secondary N) is 1. The van der Waals surface area contributed by atoms with E-state index < -0.39 is 9.84 Å². The van der Waals surface area contributed by atoms with Gasteiger partial charge in [0, 0.05) is 32.1 Å². The van der Waals surface area contributed by atoms with Gasteiger partial charge in [-0.1, -0.05) is 0 Å². The zero-order valence-corrected chi connectivity index (χ0v) is 12.2. The van der Waals surface area contributed by atoms with Crippen molar-refractivity contribution in [2.24, 2.45) is 11.8 Å². The molecule has 2 aliphatic rings. The molecule has 0 aromatic heterocycles. The average Bonchev–Trinajstić information content (AvgIpc) is 2.36. The number of ether oxygens (including phenoxy) is 2. The number of hydrogen-bond acceptors (Lipinski definition) is 6. The van der Waals surface area contributed by atoms with Gasteiger partial charge in [0.1, 0.15) is 9.84 Å². The van der Waals surface area contributed by atoms with Crippen LogP contribution in [-0.4, -0.2) is 51.9 Å². The second-order valence-electron chi connectivity index (χ2n) is 5.76. The Morgan fingerprint density at radius 1 is 1.37 bits per heavy atom. The number of hydrazine groups is 1. The van der Waals surface area contributed by atoms with Crippen LogP contribution in [0.15, 0.2) is 0 Å². The zero-order chi connectivity index (χ0) is 13.9. The van der Waals surface area contributed by atoms with Crippen LogP contribution in [0.2, 0.25) is 0 Å². The second kappa shape index (κ2) is 6.05. The van der Waals surface area contributed by atoms with Crippen molar-refractivity contribution in [2.75, 3.05) is 31.8 Å². The number of rotatable bonds is 4. The molecule has 0 radical (unpaired) electrons. The fourth-order valence-corrected chi connectivity index (χ4v) is 4.17. The molecule has 19 heavy (non-hydrogen) atoms. The SMILES string of the molecule is CS(=O)(=O)CC(NN)C1CCOC2(CCOCC2)C1. The maximum Gasteiger partial charge on any atom is 0.149 e. The smallest absolute Gasteiger partial charge is 0.149 e. The Morgan fingerprint density at radius 2 is 2.05 bits per heavy atom. The number of nitrogens with two attached hydrogens (primary N) is 1. The molecule has 0 aliphatic carbocycles. The molecule has 0 amide bonds. The van der Waals surface area contributed by atoms with E-state index >= 15 is 0 Å². The largest absolute Gasteiger partial charge is 0.381 e. The van der Waals surface area contributed by atoms with Crippen molar-refractivity contribution in [3.05, 3.63) is 0 Å². The second-order valence-corrected chi connectivity index (χ2v) is 7.95. The Hall–Kier alpha value is -0.210. The first-order valence-corrected chi connectivity index (χ1v) is 8.86. The van der Waals surface area contributed by atoms with Gasteiger partial charge in [0.2, 0.25) is 0 Å². The fraction of sp³-hybridized carbons (Fsp3) is 1.00. The lowest BCUT2D eigenvalue weighted by Crippen LogP contribution is -2.52. The van der Waals surface area contributed by atoms with Crippen molar-refractivity contribution >= 4 is 9.84 Å². The molecular formula is C12H24N2O4S. The molecule has 2 atom stereocenters. The summed E-state index contributed by atoms with van der Waals surface area (Å²) >= 11 is 0. The summed E-state index contributed by atoms with van der Waals surface area (Å²) in [4.78, 5) is 0. The van der Waals surface area contributed by atoms with Crippen LogP contribution in [0, 0.1) is 5.92 Å². The first-order valence-electron chi connectivity index (χ1n) is 6.80. The first-order chi connectivity index (χ1) is 8.94. The molecule has 2 heterocycles. The predicted molar refractivity (Wildman–Crippen MR) is 72.3 cm³/mol. The molecular weight excluding hydrogens is 268 g/mol. The predicted octanol–water partition coefficient (Wildman–Crippen LogP) is -0.161. The van der Waals surface area contributed by atoms with Crippen molar-refractivity contribution < 1.29 is 17.9 Å². The van der Waals surface area contributed by atoms with Gasteiger partial charge in [-0.05, 0) is 31.6 Å². The fourth-order valence-electron chi connectivity index (χ4n) is 3.15. The zero-order valence-electron chi connectivity index (χ0n) is 11.4. The Bertz CT molecular complexity index is 387. The van der Waals surface area contributed by atoms with Gasteiger partial charge in [0.05, 0.1) is 11.4 Å². The maximum atomic E-state index is 11.5. The van der Waals surface area contributed by atoms with Gasteiger partial charge in [-0.3, -0.25) is 11.3 Å². The summed E-state index contributed by atoms with van der Waals surface area (Å²) in [6.07, 6.45) is 4.74. The van der Waals surface area contributed by atoms with E-state index in [0.29, 0.717) is 6.61 Å². The molecule has 3 N–H and O–H groups in total. The average molecular weight is 292 g/mol. The van der Waals surface area contributed by atoms with Gasteiger partial charge in [-0.15, -0.1) is 0 Å². The molecule has 2 fully saturated rings. The van der Waals surface area contributed by atoms with Gasteiger partial charge < -0.3 is 9.47 Å². The summed E-state index contributed by atoms with van der Waals surface area (Å²) in [5, 5.41) is 0. The third-order valence-electron chi connectivity index (χ3n) is 4.20. The summed E-state index contributed by atoms with van der Waals surface area (Å²) in [5.74, 6) is 5.88. The molecule has 0 saturated carbocycles. The summed E-state index contributed by atoms with van der Waals surface area (Å²) < 4.78 is 34.3. The van der Waals surface area contributed by atoms with Crippen LogP contribution in [0.3, 0.4) is 0 Å². The monoisotopic (exact) mass is 292 g/mol. The van der Waals surface area contributed by atoms with Crippen molar-refractivity contribution in [1.82, 2.24) is 5.43 Å². The van der Waals surface area contributed by atoms with Crippen molar-refractivity contribution in [2.45, 2.75) is 37.3 Å². The molecule has 2 aliphatic heterocycles. The van der Waals surface area contributed by atoms with Gasteiger partial charge in [0.15, 0.2) is 0 Å². The first kappa shape index (κ1) is 15.2. The highest BCUT2D eigenvalue weighted by Crippen LogP contribution is 2.38. The van der Waals surface area contributed by atoms with Crippen LogP contribution in [0.4, 0.5) is 0 Å². The third-order valence-corrected chi connectivity index (χ3v) is 5.17. The van der Waals surface area contributed by atoms with Crippen molar-refractivity contribution in [3.63, 3.8) is 0 Å². The topological polar surface area (TPSA) is 90.7 Å². The van der Waals surface area contributed by atoms with Gasteiger partial charge in [-0.25, -0.2) is 8.42 Å². The molecule has 2 saturated heterocycles. The minimum Gasteiger partial charge on any atom is -0.381 e. The van der Waals surface area contributed by atoms with E-state index in [9.17, 15) is 8.42 Å². The van der Waals surface area contributed by atoms with E-state index in [1.165, 1.54) is 6.26 Å². The summed E-state index contributed by atoms with van der Waals surface area (Å²) in [6.45, 7) is 2.12. The van der Waals surface area contributed by atoms with Crippen LogP contribution in [0.25, 0.3) is 0 Å². The Morgan fingerprint density at radius 3 is 2.63 bits per heavy atom. The van der Waals surface area contributed by atoms with E-state index in [1.54, 1.807) is 0 Å². The minimum atomic E-state index is -3.04. The van der Waals surface area contributed by atoms with Gasteiger partial charge in [-0.2, -0.15) is 0 Å². The van der Waals surface area contributed by atoms with E-state index in [4.69, 9.17) is 15.3 Å². The standard InChI is InChI=1S/C12H24N2O4S/c1-19(15,16)9-11(14-13)10-2-5-18-12(8-10)3-6-17-7-4-12/h10-11,14H,2-9,13H2,1H3. The van der Waals surface area contributed by atoms with Crippen LogP contribution >= 0.6 is 0 Å². The van der Waals surface area contributed by atoms with Crippen LogP contribution in [0.5, 0.6) is 0 Å². The molecule has 0 bridgehead atoms. The summed E-state index contributed by atoms with van der Waals surface area (Å²) in [7, 11) is -3.04. The van der Waals surface area contributed by atoms with E-state index in [-0.39, 0.29) is 23.3 Å². The Labute approximate surface area is 114 Å². The molecule has 2 unspecified atom stereocenters. The third kappa shape index (κ3) is 4.13. The van der Waals surface area contributed by atoms with E-state index in [1.807, 2.05) is 0 Å². The number of sulfone groups is 1. The Balaban J connectivity index is 2.02. The van der Waals surface area contributed by atoms with Crippen LogP contribution in [0.1, 0.15) is 25.7 Å². The normalized spacial score (nSPS) is 29.3. The molecule has 0 aromatic carbocycles. The molecule has 112 valence electrons. The Kier molecular flexibility index (Phi) is 4.84. The lowest BCUT2D eigenvalue weighted by Gasteiger charge is -2.45. The van der Waals surface area contributed by atoms with Gasteiger partial charge >= 0.3 is 0 Å². The molecule has 1 spiro atoms. The van der Waals surface area contributed by atoms with E-state index in [2.05, 4.69) is 5.43 Å². The maximum absolute atomic E-state index is 11.5. The number of hydrogen-bond donors (Lipinski definition) is 2. The summed E-state index contributed by atoms with van der Waals surface area (Å²) in [5.41, 5.74) is 2.55. The summed E-state index contributed by atoms with van der Waals surface area (Å²) in [6, 6.07) is -0.196. The van der Waals surface area contributed by atoms with Gasteiger partial charge in [0.25, 0.3) is 0 Å². The highest BCUT2D eigenvalue weighted by Gasteiger charge is 2.41. The molecule has 2 rings (SSSR count). The van der Waals surface area contributed by atoms with E-state index in [0.717, 1.165) is 38.9 Å². The van der Waals surface area contributed by atoms with Crippen molar-refractivity contribution in [3.8, 4) is 0 Å². The minimum absolute atomic E-state index is 0.0841. The molecule has 6 nitrogen and oxygen atoms in total. The van der Waals surface area contributed by atoms with Crippen LogP contribution in [-0.2, 0) is 19.3 Å². The van der Waals surface area contributed by atoms with Crippen molar-refractivity contribution in [1.29, 1.82) is 0 Å². The molecule has 0 aromatic rings. The lowest BCUT2D eigenvalue weighted by atomic mass is 9.78.